The van der Waals surface area contributed by atoms with Crippen molar-refractivity contribution in [3.05, 3.63) is 59.5 Å². The van der Waals surface area contributed by atoms with Crippen LogP contribution in [0.3, 0.4) is 0 Å². The summed E-state index contributed by atoms with van der Waals surface area (Å²) in [5, 5.41) is 0. The highest BCUT2D eigenvalue weighted by Gasteiger charge is 1.95. The van der Waals surface area contributed by atoms with Crippen molar-refractivity contribution in [2.75, 3.05) is 0 Å². The molecule has 2 rings (SSSR count). The van der Waals surface area contributed by atoms with Crippen molar-refractivity contribution >= 4 is 18.4 Å². The van der Waals surface area contributed by atoms with Crippen molar-refractivity contribution < 1.29 is 9.21 Å². The predicted octanol–water partition coefficient (Wildman–Crippen LogP) is 3.26. The quantitative estimate of drug-likeness (QED) is 0.708. The molecule has 0 aliphatic carbocycles. The Bertz CT molecular complexity index is 466. The van der Waals surface area contributed by atoms with Gasteiger partial charge in [0, 0.05) is 0 Å². The molecule has 0 unspecified atom stereocenters. The molecule has 1 aromatic carbocycles. The van der Waals surface area contributed by atoms with E-state index in [-0.39, 0.29) is 0 Å². The number of furan rings is 1. The van der Waals surface area contributed by atoms with Gasteiger partial charge in [-0.15, -0.1) is 0 Å². The van der Waals surface area contributed by atoms with Crippen LogP contribution in [0, 0.1) is 0 Å². The number of carbonyl (C=O) groups excluding carboxylic acids is 1. The van der Waals surface area contributed by atoms with Gasteiger partial charge in [0.15, 0.2) is 12.0 Å². The molecule has 0 saturated heterocycles. The molecule has 2 nitrogen and oxygen atoms in total. The van der Waals surface area contributed by atoms with Crippen LogP contribution in [0.1, 0.15) is 21.9 Å². The van der Waals surface area contributed by atoms with Crippen LogP contribution < -0.4 is 0 Å². The molecule has 0 spiro atoms. The molecule has 0 radical (unpaired) electrons. The molecule has 0 amide bonds. The fraction of sp³-hybridized carbons (Fsp3) is 0. The smallest absolute Gasteiger partial charge is 0.185 e. The van der Waals surface area contributed by atoms with Crippen LogP contribution in [-0.4, -0.2) is 6.29 Å². The van der Waals surface area contributed by atoms with Gasteiger partial charge in [-0.2, -0.15) is 0 Å². The first-order chi connectivity index (χ1) is 7.38. The first-order valence-electron chi connectivity index (χ1n) is 4.66. The largest absolute Gasteiger partial charge is 0.454 e. The lowest BCUT2D eigenvalue weighted by Gasteiger charge is -1.89. The Labute approximate surface area is 87.8 Å². The van der Waals surface area contributed by atoms with Crippen LogP contribution in [0.25, 0.3) is 12.2 Å². The lowest BCUT2D eigenvalue weighted by Crippen LogP contribution is -1.69. The lowest BCUT2D eigenvalue weighted by atomic mass is 10.2. The highest BCUT2D eigenvalue weighted by Crippen LogP contribution is 2.10. The zero-order valence-electron chi connectivity index (χ0n) is 8.09. The van der Waals surface area contributed by atoms with E-state index in [9.17, 15) is 4.79 Å². The summed E-state index contributed by atoms with van der Waals surface area (Å²) in [6.07, 6.45) is 4.47. The van der Waals surface area contributed by atoms with E-state index in [0.717, 1.165) is 5.56 Å². The molecular weight excluding hydrogens is 188 g/mol. The molecule has 2 heteroatoms. The minimum Gasteiger partial charge on any atom is -0.454 e. The molecule has 0 bridgehead atoms. The van der Waals surface area contributed by atoms with E-state index in [1.54, 1.807) is 12.1 Å². The Morgan fingerprint density at radius 2 is 1.60 bits per heavy atom. The molecule has 0 N–H and O–H groups in total. The highest BCUT2D eigenvalue weighted by atomic mass is 16.3. The van der Waals surface area contributed by atoms with Crippen LogP contribution in [-0.2, 0) is 0 Å². The van der Waals surface area contributed by atoms with E-state index >= 15 is 0 Å². The highest BCUT2D eigenvalue weighted by molar-refractivity contribution is 5.73. The first kappa shape index (κ1) is 9.46. The summed E-state index contributed by atoms with van der Waals surface area (Å²) < 4.78 is 5.20. The van der Waals surface area contributed by atoms with Gasteiger partial charge in [0.1, 0.15) is 5.76 Å². The molecule has 0 saturated carbocycles. The van der Waals surface area contributed by atoms with Gasteiger partial charge in [0.2, 0.25) is 0 Å². The normalized spacial score (nSPS) is 10.7. The Morgan fingerprint density at radius 3 is 2.27 bits per heavy atom. The van der Waals surface area contributed by atoms with Crippen LogP contribution in [0.15, 0.2) is 46.9 Å². The lowest BCUT2D eigenvalue weighted by molar-refractivity contribution is 0.110. The molecule has 2 aromatic rings. The van der Waals surface area contributed by atoms with E-state index in [1.807, 2.05) is 42.5 Å². The number of aldehydes is 1. The van der Waals surface area contributed by atoms with Crippen molar-refractivity contribution in [1.29, 1.82) is 0 Å². The van der Waals surface area contributed by atoms with E-state index in [4.69, 9.17) is 4.42 Å². The molecule has 15 heavy (non-hydrogen) atoms. The third-order valence-corrected chi connectivity index (χ3v) is 2.00. The maximum Gasteiger partial charge on any atom is 0.185 e. The number of benzene rings is 1. The van der Waals surface area contributed by atoms with Gasteiger partial charge in [-0.25, -0.2) is 0 Å². The Hall–Kier alpha value is -2.09. The molecule has 0 atom stereocenters. The fourth-order valence-electron chi connectivity index (χ4n) is 1.26. The zero-order chi connectivity index (χ0) is 10.5. The molecule has 1 heterocycles. The Balaban J connectivity index is 2.15. The minimum atomic E-state index is 0.350. The average Bonchev–Trinajstić information content (AvgIpc) is 2.76. The average molecular weight is 198 g/mol. The predicted molar refractivity (Wildman–Crippen MR) is 59.5 cm³/mol. The van der Waals surface area contributed by atoms with Crippen molar-refractivity contribution in [2.24, 2.45) is 0 Å². The minimum absolute atomic E-state index is 0.350. The van der Waals surface area contributed by atoms with Gasteiger partial charge in [-0.3, -0.25) is 4.79 Å². The van der Waals surface area contributed by atoms with Crippen LogP contribution in [0.5, 0.6) is 0 Å². The van der Waals surface area contributed by atoms with E-state index in [1.165, 1.54) is 0 Å². The standard InChI is InChI=1S/C13H10O2/c14-10-13-9-8-12(15-13)7-6-11-4-2-1-3-5-11/h1-10H/b7-6+. The third-order valence-electron chi connectivity index (χ3n) is 2.00. The Kier molecular flexibility index (Phi) is 2.79. The van der Waals surface area contributed by atoms with Gasteiger partial charge in [0.25, 0.3) is 0 Å². The summed E-state index contributed by atoms with van der Waals surface area (Å²) in [4.78, 5) is 10.4. The summed E-state index contributed by atoms with van der Waals surface area (Å²) in [7, 11) is 0. The maximum absolute atomic E-state index is 10.4. The number of carbonyl (C=O) groups is 1. The number of hydrogen-bond acceptors (Lipinski definition) is 2. The molecule has 0 aliphatic heterocycles. The molecule has 0 fully saturated rings. The molecular formula is C13H10O2. The maximum atomic E-state index is 10.4. The molecule has 0 aliphatic rings. The summed E-state index contributed by atoms with van der Waals surface area (Å²) in [5.74, 6) is 1.03. The molecule has 1 aromatic heterocycles. The zero-order valence-corrected chi connectivity index (χ0v) is 8.09. The van der Waals surface area contributed by atoms with E-state index in [2.05, 4.69) is 0 Å². The van der Waals surface area contributed by atoms with Crippen molar-refractivity contribution in [1.82, 2.24) is 0 Å². The second kappa shape index (κ2) is 4.42. The van der Waals surface area contributed by atoms with Crippen molar-refractivity contribution in [3.8, 4) is 0 Å². The van der Waals surface area contributed by atoms with Gasteiger partial charge < -0.3 is 4.42 Å². The Morgan fingerprint density at radius 1 is 0.867 bits per heavy atom. The number of rotatable bonds is 3. The molecule has 74 valence electrons. The first-order valence-corrected chi connectivity index (χ1v) is 4.66. The van der Waals surface area contributed by atoms with Crippen LogP contribution in [0.2, 0.25) is 0 Å². The second-order valence-corrected chi connectivity index (χ2v) is 3.10. The van der Waals surface area contributed by atoms with E-state index in [0.29, 0.717) is 17.8 Å². The van der Waals surface area contributed by atoms with Gasteiger partial charge in [0.05, 0.1) is 0 Å². The van der Waals surface area contributed by atoms with E-state index < -0.39 is 0 Å². The van der Waals surface area contributed by atoms with Crippen molar-refractivity contribution in [2.45, 2.75) is 0 Å². The van der Waals surface area contributed by atoms with Crippen molar-refractivity contribution in [3.63, 3.8) is 0 Å². The summed E-state index contributed by atoms with van der Waals surface area (Å²) in [6.45, 7) is 0. The summed E-state index contributed by atoms with van der Waals surface area (Å²) in [5.41, 5.74) is 1.10. The topological polar surface area (TPSA) is 30.2 Å². The van der Waals surface area contributed by atoms with Crippen LogP contribution in [0.4, 0.5) is 0 Å². The second-order valence-electron chi connectivity index (χ2n) is 3.10. The SMILES string of the molecule is O=Cc1ccc(/C=C/c2ccccc2)o1. The van der Waals surface area contributed by atoms with Gasteiger partial charge in [-0.1, -0.05) is 36.4 Å². The summed E-state index contributed by atoms with van der Waals surface area (Å²) >= 11 is 0. The van der Waals surface area contributed by atoms with Gasteiger partial charge >= 0.3 is 0 Å². The van der Waals surface area contributed by atoms with Crippen LogP contribution >= 0.6 is 0 Å². The monoisotopic (exact) mass is 198 g/mol. The number of hydrogen-bond donors (Lipinski definition) is 0. The fourth-order valence-corrected chi connectivity index (χ4v) is 1.26. The third kappa shape index (κ3) is 2.44. The van der Waals surface area contributed by atoms with Gasteiger partial charge in [-0.05, 0) is 23.8 Å². The summed E-state index contributed by atoms with van der Waals surface area (Å²) in [6, 6.07) is 13.3.